The van der Waals surface area contributed by atoms with E-state index >= 15 is 0 Å². The molecule has 0 bridgehead atoms. The van der Waals surface area contributed by atoms with Crippen LogP contribution in [0.25, 0.3) is 11.0 Å². The molecule has 0 aliphatic carbocycles. The predicted molar refractivity (Wildman–Crippen MR) is 157 cm³/mol. The second-order valence-corrected chi connectivity index (χ2v) is 11.7. The molecule has 4 heterocycles. The van der Waals surface area contributed by atoms with Gasteiger partial charge in [-0.3, -0.25) is 9.78 Å². The number of fused-ring (bicyclic) bond motifs is 1. The second-order valence-electron chi connectivity index (χ2n) is 10.9. The Labute approximate surface area is 239 Å². The number of para-hydroxylation sites is 2. The topological polar surface area (TPSA) is 63.1 Å². The predicted octanol–water partition coefficient (Wildman–Crippen LogP) is 6.00. The van der Waals surface area contributed by atoms with E-state index < -0.39 is 0 Å². The van der Waals surface area contributed by atoms with E-state index in [1.165, 1.54) is 5.56 Å². The first-order chi connectivity index (χ1) is 19.0. The second kappa shape index (κ2) is 11.4. The fourth-order valence-electron chi connectivity index (χ4n) is 6.22. The number of halogens is 2. The van der Waals surface area contributed by atoms with Crippen LogP contribution in [0.2, 0.25) is 10.0 Å². The van der Waals surface area contributed by atoms with E-state index in [1.807, 2.05) is 59.2 Å². The minimum atomic E-state index is -0.0160. The maximum atomic E-state index is 13.8. The van der Waals surface area contributed by atoms with Crippen molar-refractivity contribution in [3.05, 3.63) is 94.0 Å². The van der Waals surface area contributed by atoms with Crippen LogP contribution in [0.4, 0.5) is 0 Å². The summed E-state index contributed by atoms with van der Waals surface area (Å²) in [6.07, 6.45) is 5.63. The number of hydrogen-bond donors (Lipinski definition) is 1. The number of ketones is 1. The highest BCUT2D eigenvalue weighted by molar-refractivity contribution is 6.42. The molecule has 8 heteroatoms. The average Bonchev–Trinajstić information content (AvgIpc) is 3.60. The van der Waals surface area contributed by atoms with Gasteiger partial charge in [0.2, 0.25) is 5.78 Å². The van der Waals surface area contributed by atoms with Crippen LogP contribution in [0.5, 0.6) is 0 Å². The summed E-state index contributed by atoms with van der Waals surface area (Å²) in [6, 6.07) is 19.9. The Hall–Kier alpha value is -2.77. The van der Waals surface area contributed by atoms with Gasteiger partial charge in [0.15, 0.2) is 5.82 Å². The van der Waals surface area contributed by atoms with Crippen LogP contribution in [0, 0.1) is 5.92 Å². The van der Waals surface area contributed by atoms with Crippen LogP contribution >= 0.6 is 23.2 Å². The highest BCUT2D eigenvalue weighted by atomic mass is 35.5. The number of nitrogens with zero attached hydrogens (tertiary/aromatic N) is 4. The quantitative estimate of drug-likeness (QED) is 0.267. The van der Waals surface area contributed by atoms with Crippen molar-refractivity contribution in [2.75, 3.05) is 32.7 Å². The van der Waals surface area contributed by atoms with Gasteiger partial charge in [-0.05, 0) is 93.8 Å². The van der Waals surface area contributed by atoms with Crippen LogP contribution < -0.4 is 5.32 Å². The number of carbonyl (C=O) groups is 1. The number of carbonyl (C=O) groups excluding carboxylic acids is 1. The summed E-state index contributed by atoms with van der Waals surface area (Å²) in [6.45, 7) is 5.33. The number of likely N-dealkylation sites (tertiary alicyclic amines) is 1. The first-order valence-electron chi connectivity index (χ1n) is 13.8. The average molecular weight is 563 g/mol. The number of aromatic nitrogens is 3. The molecule has 0 radical (unpaired) electrons. The molecule has 6 rings (SSSR count). The van der Waals surface area contributed by atoms with Gasteiger partial charge in [-0.15, -0.1) is 0 Å². The smallest absolute Gasteiger partial charge is 0.201 e. The summed E-state index contributed by atoms with van der Waals surface area (Å²) in [5, 5.41) is 4.77. The molecule has 4 aromatic rings. The van der Waals surface area contributed by atoms with Crippen molar-refractivity contribution in [2.24, 2.45) is 5.92 Å². The number of Topliss-reactive ketones (excluding diaryl/α,β-unsaturated/α-hetero) is 1. The van der Waals surface area contributed by atoms with Gasteiger partial charge in [-0.1, -0.05) is 47.5 Å². The summed E-state index contributed by atoms with van der Waals surface area (Å²) in [7, 11) is 0. The number of imidazole rings is 1. The Morgan fingerprint density at radius 1 is 1.03 bits per heavy atom. The van der Waals surface area contributed by atoms with E-state index in [-0.39, 0.29) is 17.1 Å². The highest BCUT2D eigenvalue weighted by Crippen LogP contribution is 2.38. The number of pyridine rings is 1. The van der Waals surface area contributed by atoms with Gasteiger partial charge in [0.05, 0.1) is 33.3 Å². The van der Waals surface area contributed by atoms with Gasteiger partial charge in [0, 0.05) is 24.1 Å². The zero-order chi connectivity index (χ0) is 26.8. The normalized spacial score (nSPS) is 20.6. The molecule has 2 aliphatic rings. The van der Waals surface area contributed by atoms with E-state index in [0.717, 1.165) is 75.1 Å². The molecular formula is C31H33Cl2N5O. The van der Waals surface area contributed by atoms with Crippen molar-refractivity contribution in [3.63, 3.8) is 0 Å². The summed E-state index contributed by atoms with van der Waals surface area (Å²) < 4.78 is 2.04. The SMILES string of the molecule is O=C(c1nc2ccccc2n1Cc1ccccn1)C1CCN(CCC2(c3ccc(Cl)c(Cl)c3)CCNC2)CC1. The molecule has 1 atom stereocenters. The van der Waals surface area contributed by atoms with E-state index in [0.29, 0.717) is 22.4 Å². The van der Waals surface area contributed by atoms with Gasteiger partial charge >= 0.3 is 0 Å². The molecule has 6 nitrogen and oxygen atoms in total. The first kappa shape index (κ1) is 26.5. The van der Waals surface area contributed by atoms with Crippen molar-refractivity contribution in [1.29, 1.82) is 0 Å². The zero-order valence-corrected chi connectivity index (χ0v) is 23.5. The molecule has 202 valence electrons. The van der Waals surface area contributed by atoms with Gasteiger partial charge in [-0.25, -0.2) is 4.98 Å². The van der Waals surface area contributed by atoms with Crippen LogP contribution in [-0.4, -0.2) is 57.9 Å². The lowest BCUT2D eigenvalue weighted by molar-refractivity contribution is 0.0819. The summed E-state index contributed by atoms with van der Waals surface area (Å²) in [5.74, 6) is 0.683. The largest absolute Gasteiger partial charge is 0.316 e. The first-order valence-corrected chi connectivity index (χ1v) is 14.6. The third kappa shape index (κ3) is 5.48. The fourth-order valence-corrected chi connectivity index (χ4v) is 6.52. The van der Waals surface area contributed by atoms with Gasteiger partial charge in [0.1, 0.15) is 0 Å². The molecule has 1 N–H and O–H groups in total. The number of nitrogens with one attached hydrogen (secondary N) is 1. The number of rotatable bonds is 8. The Bertz CT molecular complexity index is 1460. The van der Waals surface area contributed by atoms with E-state index in [4.69, 9.17) is 28.2 Å². The zero-order valence-electron chi connectivity index (χ0n) is 22.0. The maximum absolute atomic E-state index is 13.8. The molecule has 2 saturated heterocycles. The maximum Gasteiger partial charge on any atom is 0.201 e. The minimum absolute atomic E-state index is 0.0160. The molecule has 2 aliphatic heterocycles. The molecule has 0 saturated carbocycles. The van der Waals surface area contributed by atoms with Crippen molar-refractivity contribution in [2.45, 2.75) is 37.6 Å². The van der Waals surface area contributed by atoms with E-state index in [2.05, 4.69) is 21.3 Å². The summed E-state index contributed by atoms with van der Waals surface area (Å²) in [5.41, 5.74) is 4.08. The van der Waals surface area contributed by atoms with Crippen LogP contribution in [0.1, 0.15) is 47.6 Å². The molecular weight excluding hydrogens is 529 g/mol. The molecule has 2 aromatic carbocycles. The molecule has 0 amide bonds. The van der Waals surface area contributed by atoms with Crippen molar-refractivity contribution < 1.29 is 4.79 Å². The van der Waals surface area contributed by atoms with Crippen LogP contribution in [0.3, 0.4) is 0 Å². The van der Waals surface area contributed by atoms with Crippen LogP contribution in [0.15, 0.2) is 66.9 Å². The lowest BCUT2D eigenvalue weighted by Crippen LogP contribution is -2.40. The van der Waals surface area contributed by atoms with Gasteiger partial charge in [0.25, 0.3) is 0 Å². The standard InChI is InChI=1S/C31H33Cl2N5O/c32-25-9-8-23(19-26(25)33)31(12-15-34-21-31)13-18-37-16-10-22(11-17-37)29(39)30-36-27-6-1-2-7-28(27)38(30)20-24-5-3-4-14-35-24/h1-9,14,19,22,34H,10-13,15-18,20-21H2. The fraction of sp³-hybridized carbons (Fsp3) is 0.387. The highest BCUT2D eigenvalue weighted by Gasteiger charge is 2.37. The molecule has 0 spiro atoms. The van der Waals surface area contributed by atoms with Crippen molar-refractivity contribution in [3.8, 4) is 0 Å². The van der Waals surface area contributed by atoms with Gasteiger partial charge in [-0.2, -0.15) is 0 Å². The molecule has 2 aromatic heterocycles. The lowest BCUT2D eigenvalue weighted by Gasteiger charge is -2.35. The van der Waals surface area contributed by atoms with E-state index in [1.54, 1.807) is 6.20 Å². The third-order valence-corrected chi connectivity index (χ3v) is 9.30. The number of benzene rings is 2. The number of piperidine rings is 1. The minimum Gasteiger partial charge on any atom is -0.316 e. The lowest BCUT2D eigenvalue weighted by atomic mass is 9.76. The molecule has 1 unspecified atom stereocenters. The Morgan fingerprint density at radius 3 is 2.59 bits per heavy atom. The Balaban J connectivity index is 1.13. The Morgan fingerprint density at radius 2 is 1.85 bits per heavy atom. The van der Waals surface area contributed by atoms with Crippen molar-refractivity contribution in [1.82, 2.24) is 24.8 Å². The van der Waals surface area contributed by atoms with Gasteiger partial charge < -0.3 is 14.8 Å². The molecule has 39 heavy (non-hydrogen) atoms. The van der Waals surface area contributed by atoms with E-state index in [9.17, 15) is 4.79 Å². The Kier molecular flexibility index (Phi) is 7.72. The van der Waals surface area contributed by atoms with Crippen LogP contribution in [-0.2, 0) is 12.0 Å². The van der Waals surface area contributed by atoms with Crippen molar-refractivity contribution >= 4 is 40.0 Å². The third-order valence-electron chi connectivity index (χ3n) is 8.56. The number of hydrogen-bond acceptors (Lipinski definition) is 5. The monoisotopic (exact) mass is 561 g/mol. The molecule has 2 fully saturated rings. The summed E-state index contributed by atoms with van der Waals surface area (Å²) in [4.78, 5) is 25.6. The summed E-state index contributed by atoms with van der Waals surface area (Å²) >= 11 is 12.6.